The fourth-order valence-electron chi connectivity index (χ4n) is 1.60. The van der Waals surface area contributed by atoms with Gasteiger partial charge in [0.1, 0.15) is 5.75 Å². The largest absolute Gasteiger partial charge is 0.494 e. The summed E-state index contributed by atoms with van der Waals surface area (Å²) >= 11 is 0. The van der Waals surface area contributed by atoms with Gasteiger partial charge in [0.15, 0.2) is 17.0 Å². The van der Waals surface area contributed by atoms with E-state index in [1.54, 1.807) is 7.11 Å². The first kappa shape index (κ1) is 11.0. The van der Waals surface area contributed by atoms with E-state index in [2.05, 4.69) is 11.9 Å². The summed E-state index contributed by atoms with van der Waals surface area (Å²) < 4.78 is 10.9. The van der Waals surface area contributed by atoms with Crippen molar-refractivity contribution in [3.63, 3.8) is 0 Å². The second-order valence-electron chi connectivity index (χ2n) is 3.96. The topological polar surface area (TPSA) is 61.3 Å². The number of benzene rings is 1. The van der Waals surface area contributed by atoms with Gasteiger partial charge in [0.05, 0.1) is 7.11 Å². The third-order valence-electron chi connectivity index (χ3n) is 2.57. The van der Waals surface area contributed by atoms with Crippen molar-refractivity contribution in [3.05, 3.63) is 24.1 Å². The minimum atomic E-state index is 0.374. The molecule has 0 aliphatic carbocycles. The maximum absolute atomic E-state index is 5.64. The van der Waals surface area contributed by atoms with Crippen LogP contribution in [0.25, 0.3) is 11.1 Å². The molecule has 4 heteroatoms. The molecule has 0 fully saturated rings. The van der Waals surface area contributed by atoms with Crippen LogP contribution in [-0.2, 0) is 6.42 Å². The summed E-state index contributed by atoms with van der Waals surface area (Å²) in [6.45, 7) is 2.71. The van der Waals surface area contributed by atoms with E-state index in [0.29, 0.717) is 12.5 Å². The molecule has 1 atom stereocenters. The zero-order chi connectivity index (χ0) is 11.5. The van der Waals surface area contributed by atoms with Crippen LogP contribution in [-0.4, -0.2) is 18.6 Å². The Kier molecular flexibility index (Phi) is 3.10. The van der Waals surface area contributed by atoms with Gasteiger partial charge in [-0.25, -0.2) is 4.98 Å². The number of rotatable bonds is 4. The molecule has 4 nitrogen and oxygen atoms in total. The summed E-state index contributed by atoms with van der Waals surface area (Å²) in [7, 11) is 1.63. The summed E-state index contributed by atoms with van der Waals surface area (Å²) in [6, 6.07) is 5.66. The standard InChI is InChI=1S/C12H16N2O2/c1-8(7-13)6-11-14-12-9(15-2)4-3-5-10(12)16-11/h3-5,8H,6-7,13H2,1-2H3. The van der Waals surface area contributed by atoms with Crippen molar-refractivity contribution < 1.29 is 9.15 Å². The lowest BCUT2D eigenvalue weighted by atomic mass is 10.1. The van der Waals surface area contributed by atoms with Gasteiger partial charge in [0.25, 0.3) is 0 Å². The van der Waals surface area contributed by atoms with Gasteiger partial charge in [-0.1, -0.05) is 13.0 Å². The predicted molar refractivity (Wildman–Crippen MR) is 62.5 cm³/mol. The minimum absolute atomic E-state index is 0.374. The van der Waals surface area contributed by atoms with Gasteiger partial charge in [-0.2, -0.15) is 0 Å². The number of fused-ring (bicyclic) bond motifs is 1. The lowest BCUT2D eigenvalue weighted by molar-refractivity contribution is 0.419. The maximum Gasteiger partial charge on any atom is 0.195 e. The van der Waals surface area contributed by atoms with Crippen LogP contribution in [0, 0.1) is 5.92 Å². The van der Waals surface area contributed by atoms with Gasteiger partial charge in [-0.15, -0.1) is 0 Å². The third-order valence-corrected chi connectivity index (χ3v) is 2.57. The number of methoxy groups -OCH3 is 1. The molecule has 2 rings (SSSR count). The first-order valence-corrected chi connectivity index (χ1v) is 5.37. The van der Waals surface area contributed by atoms with Crippen LogP contribution in [0.2, 0.25) is 0 Å². The molecule has 0 amide bonds. The summed E-state index contributed by atoms with van der Waals surface area (Å²) in [6.07, 6.45) is 0.758. The van der Waals surface area contributed by atoms with Crippen molar-refractivity contribution in [1.29, 1.82) is 0 Å². The van der Waals surface area contributed by atoms with Crippen molar-refractivity contribution in [1.82, 2.24) is 4.98 Å². The molecule has 86 valence electrons. The highest BCUT2D eigenvalue weighted by molar-refractivity contribution is 5.79. The Labute approximate surface area is 94.4 Å². The van der Waals surface area contributed by atoms with Gasteiger partial charge in [0.2, 0.25) is 0 Å². The Morgan fingerprint density at radius 2 is 2.31 bits per heavy atom. The molecule has 1 aromatic carbocycles. The molecule has 0 saturated heterocycles. The van der Waals surface area contributed by atoms with Crippen LogP contribution in [0.15, 0.2) is 22.6 Å². The Hall–Kier alpha value is -1.55. The van der Waals surface area contributed by atoms with E-state index in [0.717, 1.165) is 29.2 Å². The monoisotopic (exact) mass is 220 g/mol. The number of hydrogen-bond donors (Lipinski definition) is 1. The number of nitrogens with zero attached hydrogens (tertiary/aromatic N) is 1. The summed E-state index contributed by atoms with van der Waals surface area (Å²) in [4.78, 5) is 4.42. The van der Waals surface area contributed by atoms with E-state index in [1.165, 1.54) is 0 Å². The second-order valence-corrected chi connectivity index (χ2v) is 3.96. The molecule has 0 spiro atoms. The highest BCUT2D eigenvalue weighted by Gasteiger charge is 2.11. The third kappa shape index (κ3) is 2.02. The van der Waals surface area contributed by atoms with Crippen LogP contribution in [0.3, 0.4) is 0 Å². The van der Waals surface area contributed by atoms with Crippen LogP contribution in [0.1, 0.15) is 12.8 Å². The number of oxazole rings is 1. The molecule has 0 aliphatic heterocycles. The zero-order valence-corrected chi connectivity index (χ0v) is 9.56. The molecule has 0 aliphatic rings. The van der Waals surface area contributed by atoms with Gasteiger partial charge in [-0.3, -0.25) is 0 Å². The Morgan fingerprint density at radius 1 is 1.50 bits per heavy atom. The van der Waals surface area contributed by atoms with Crippen molar-refractivity contribution in [2.45, 2.75) is 13.3 Å². The molecule has 1 unspecified atom stereocenters. The molecular weight excluding hydrogens is 204 g/mol. The second kappa shape index (κ2) is 4.53. The lowest BCUT2D eigenvalue weighted by Crippen LogP contribution is -2.13. The fourth-order valence-corrected chi connectivity index (χ4v) is 1.60. The molecule has 0 saturated carbocycles. The van der Waals surface area contributed by atoms with E-state index in [-0.39, 0.29) is 0 Å². The predicted octanol–water partition coefficient (Wildman–Crippen LogP) is 1.97. The SMILES string of the molecule is COc1cccc2oc(CC(C)CN)nc12. The van der Waals surface area contributed by atoms with E-state index in [9.17, 15) is 0 Å². The number of ether oxygens (including phenoxy) is 1. The number of para-hydroxylation sites is 1. The van der Waals surface area contributed by atoms with Crippen LogP contribution in [0.4, 0.5) is 0 Å². The quantitative estimate of drug-likeness (QED) is 0.855. The van der Waals surface area contributed by atoms with Gasteiger partial charge in [-0.05, 0) is 24.6 Å². The average Bonchev–Trinajstić information content (AvgIpc) is 2.70. The number of aromatic nitrogens is 1. The lowest BCUT2D eigenvalue weighted by Gasteiger charge is -2.02. The molecule has 16 heavy (non-hydrogen) atoms. The van der Waals surface area contributed by atoms with E-state index in [1.807, 2.05) is 18.2 Å². The minimum Gasteiger partial charge on any atom is -0.494 e. The van der Waals surface area contributed by atoms with Crippen LogP contribution < -0.4 is 10.5 Å². The van der Waals surface area contributed by atoms with E-state index in [4.69, 9.17) is 14.9 Å². The summed E-state index contributed by atoms with van der Waals surface area (Å²) in [5.74, 6) is 1.84. The van der Waals surface area contributed by atoms with Crippen molar-refractivity contribution in [3.8, 4) is 5.75 Å². The molecule has 1 aromatic heterocycles. The number of nitrogens with two attached hydrogens (primary N) is 1. The van der Waals surface area contributed by atoms with Gasteiger partial charge < -0.3 is 14.9 Å². The smallest absolute Gasteiger partial charge is 0.195 e. The highest BCUT2D eigenvalue weighted by Crippen LogP contribution is 2.26. The van der Waals surface area contributed by atoms with Crippen LogP contribution in [0.5, 0.6) is 5.75 Å². The summed E-state index contributed by atoms with van der Waals surface area (Å²) in [5, 5.41) is 0. The Bertz CT molecular complexity index is 479. The first-order chi connectivity index (χ1) is 7.74. The molecule has 2 N–H and O–H groups in total. The average molecular weight is 220 g/mol. The van der Waals surface area contributed by atoms with Crippen LogP contribution >= 0.6 is 0 Å². The Morgan fingerprint density at radius 3 is 3.00 bits per heavy atom. The Balaban J connectivity index is 2.36. The molecule has 1 heterocycles. The first-order valence-electron chi connectivity index (χ1n) is 5.37. The molecule has 0 radical (unpaired) electrons. The molecule has 0 bridgehead atoms. The van der Waals surface area contributed by atoms with E-state index >= 15 is 0 Å². The maximum atomic E-state index is 5.64. The van der Waals surface area contributed by atoms with Crippen molar-refractivity contribution >= 4 is 11.1 Å². The van der Waals surface area contributed by atoms with Gasteiger partial charge >= 0.3 is 0 Å². The summed E-state index contributed by atoms with van der Waals surface area (Å²) in [5.41, 5.74) is 7.12. The van der Waals surface area contributed by atoms with Crippen molar-refractivity contribution in [2.75, 3.05) is 13.7 Å². The zero-order valence-electron chi connectivity index (χ0n) is 9.56. The van der Waals surface area contributed by atoms with Gasteiger partial charge in [0, 0.05) is 6.42 Å². The highest BCUT2D eigenvalue weighted by atomic mass is 16.5. The molecular formula is C12H16N2O2. The van der Waals surface area contributed by atoms with E-state index < -0.39 is 0 Å². The fraction of sp³-hybridized carbons (Fsp3) is 0.417. The molecule has 2 aromatic rings. The van der Waals surface area contributed by atoms with Crippen molar-refractivity contribution in [2.24, 2.45) is 11.7 Å². The number of hydrogen-bond acceptors (Lipinski definition) is 4. The normalized spacial score (nSPS) is 12.9.